The fraction of sp³-hybridized carbons (Fsp3) is 0.0952. The normalized spacial score (nSPS) is 10.8. The molecule has 4 rings (SSSR count). The Labute approximate surface area is 150 Å². The van der Waals surface area contributed by atoms with Crippen molar-refractivity contribution in [2.24, 2.45) is 7.05 Å². The van der Waals surface area contributed by atoms with Crippen molar-refractivity contribution in [3.8, 4) is 28.4 Å². The maximum atomic E-state index is 12.4. The summed E-state index contributed by atoms with van der Waals surface area (Å²) in [4.78, 5) is 15.4. The zero-order valence-corrected chi connectivity index (χ0v) is 14.5. The number of aryl methyl sites for hydroxylation is 1. The summed E-state index contributed by atoms with van der Waals surface area (Å²) in [7, 11) is 3.36. The Kier molecular flexibility index (Phi) is 3.97. The molecule has 0 atom stereocenters. The average Bonchev–Trinajstić information content (AvgIpc) is 3.16. The van der Waals surface area contributed by atoms with E-state index in [4.69, 9.17) is 9.47 Å². The van der Waals surface area contributed by atoms with Crippen molar-refractivity contribution in [3.63, 3.8) is 0 Å². The van der Waals surface area contributed by atoms with Crippen LogP contribution in [0.1, 0.15) is 0 Å². The number of nitrogens with zero attached hydrogens (tertiary/aromatic N) is 1. The van der Waals surface area contributed by atoms with E-state index in [0.29, 0.717) is 17.0 Å². The fourth-order valence-corrected chi connectivity index (χ4v) is 3.12. The number of para-hydroxylation sites is 1. The molecule has 5 nitrogen and oxygen atoms in total. The molecule has 0 bridgehead atoms. The van der Waals surface area contributed by atoms with Crippen molar-refractivity contribution in [2.75, 3.05) is 7.11 Å². The van der Waals surface area contributed by atoms with Crippen molar-refractivity contribution < 1.29 is 9.47 Å². The van der Waals surface area contributed by atoms with E-state index in [1.807, 2.05) is 60.8 Å². The number of aromatic nitrogens is 2. The number of rotatable bonds is 4. The lowest BCUT2D eigenvalue weighted by Crippen LogP contribution is -2.16. The van der Waals surface area contributed by atoms with Gasteiger partial charge in [-0.05, 0) is 30.3 Å². The Bertz CT molecular complexity index is 1130. The number of hydrogen-bond acceptors (Lipinski definition) is 3. The number of benzene rings is 2. The molecule has 0 aliphatic rings. The first-order chi connectivity index (χ1) is 12.7. The minimum Gasteiger partial charge on any atom is -0.496 e. The number of pyridine rings is 1. The van der Waals surface area contributed by atoms with Crippen LogP contribution in [0.25, 0.3) is 22.0 Å². The molecule has 130 valence electrons. The Morgan fingerprint density at radius 2 is 1.73 bits per heavy atom. The molecule has 0 aliphatic carbocycles. The molecule has 5 heteroatoms. The van der Waals surface area contributed by atoms with E-state index in [1.54, 1.807) is 24.9 Å². The number of nitrogens with one attached hydrogen (secondary N) is 1. The molecule has 2 aromatic carbocycles. The van der Waals surface area contributed by atoms with E-state index < -0.39 is 0 Å². The number of hydrogen-bond donors (Lipinski definition) is 1. The minimum absolute atomic E-state index is 0.0748. The summed E-state index contributed by atoms with van der Waals surface area (Å²) in [5, 5.41) is 0.829. The topological polar surface area (TPSA) is 56.2 Å². The highest BCUT2D eigenvalue weighted by Gasteiger charge is 2.18. The van der Waals surface area contributed by atoms with Gasteiger partial charge in [-0.2, -0.15) is 0 Å². The van der Waals surface area contributed by atoms with Gasteiger partial charge in [0.2, 0.25) is 0 Å². The SMILES string of the molecule is COc1cccc(Oc2ccccc2)c1-c1cn(C)c(=O)c2[nH]ccc12. The van der Waals surface area contributed by atoms with Crippen LogP contribution in [0, 0.1) is 0 Å². The smallest absolute Gasteiger partial charge is 0.274 e. The first-order valence-electron chi connectivity index (χ1n) is 8.26. The van der Waals surface area contributed by atoms with Crippen LogP contribution in [-0.4, -0.2) is 16.7 Å². The lowest BCUT2D eigenvalue weighted by molar-refractivity contribution is 0.411. The van der Waals surface area contributed by atoms with Crippen molar-refractivity contribution in [1.29, 1.82) is 0 Å². The van der Waals surface area contributed by atoms with E-state index in [1.165, 1.54) is 0 Å². The first kappa shape index (κ1) is 16.0. The molecule has 1 N–H and O–H groups in total. The van der Waals surface area contributed by atoms with Crippen LogP contribution in [-0.2, 0) is 7.05 Å². The third-order valence-electron chi connectivity index (χ3n) is 4.34. The fourth-order valence-electron chi connectivity index (χ4n) is 3.12. The van der Waals surface area contributed by atoms with Gasteiger partial charge < -0.3 is 19.0 Å². The standard InChI is InChI=1S/C21H18N2O3/c1-23-13-16(15-11-12-22-20(15)21(23)24)19-17(25-2)9-6-10-18(19)26-14-7-4-3-5-8-14/h3-13,22H,1-2H3. The lowest BCUT2D eigenvalue weighted by atomic mass is 10.0. The van der Waals surface area contributed by atoms with E-state index in [9.17, 15) is 4.79 Å². The van der Waals surface area contributed by atoms with E-state index in [-0.39, 0.29) is 5.56 Å². The van der Waals surface area contributed by atoms with Crippen molar-refractivity contribution in [3.05, 3.63) is 77.3 Å². The Balaban J connectivity index is 1.98. The predicted molar refractivity (Wildman–Crippen MR) is 102 cm³/mol. The molecule has 0 aliphatic heterocycles. The maximum absolute atomic E-state index is 12.4. The van der Waals surface area contributed by atoms with Gasteiger partial charge in [-0.15, -0.1) is 0 Å². The van der Waals surface area contributed by atoms with Crippen LogP contribution in [0.2, 0.25) is 0 Å². The third kappa shape index (κ3) is 2.63. The molecule has 0 saturated heterocycles. The lowest BCUT2D eigenvalue weighted by Gasteiger charge is -2.16. The maximum Gasteiger partial charge on any atom is 0.274 e. The first-order valence-corrected chi connectivity index (χ1v) is 8.26. The van der Waals surface area contributed by atoms with E-state index >= 15 is 0 Å². The van der Waals surface area contributed by atoms with E-state index in [0.717, 1.165) is 22.3 Å². The van der Waals surface area contributed by atoms with Crippen LogP contribution in [0.4, 0.5) is 0 Å². The van der Waals surface area contributed by atoms with Gasteiger partial charge >= 0.3 is 0 Å². The monoisotopic (exact) mass is 346 g/mol. The molecule has 0 radical (unpaired) electrons. The van der Waals surface area contributed by atoms with Gasteiger partial charge in [0, 0.05) is 30.4 Å². The minimum atomic E-state index is -0.0748. The second kappa shape index (κ2) is 6.44. The van der Waals surface area contributed by atoms with Gasteiger partial charge in [0.1, 0.15) is 22.8 Å². The van der Waals surface area contributed by atoms with Crippen LogP contribution in [0.15, 0.2) is 71.8 Å². The molecule has 26 heavy (non-hydrogen) atoms. The summed E-state index contributed by atoms with van der Waals surface area (Å²) in [5.74, 6) is 2.08. The summed E-state index contributed by atoms with van der Waals surface area (Å²) >= 11 is 0. The number of ether oxygens (including phenoxy) is 2. The summed E-state index contributed by atoms with van der Waals surface area (Å²) in [6.07, 6.45) is 3.58. The number of fused-ring (bicyclic) bond motifs is 1. The van der Waals surface area contributed by atoms with Crippen LogP contribution >= 0.6 is 0 Å². The quantitative estimate of drug-likeness (QED) is 0.598. The summed E-state index contributed by atoms with van der Waals surface area (Å²) in [5.41, 5.74) is 2.15. The largest absolute Gasteiger partial charge is 0.496 e. The Hall–Kier alpha value is -3.47. The number of H-pyrrole nitrogens is 1. The molecule has 0 saturated carbocycles. The zero-order valence-electron chi connectivity index (χ0n) is 14.5. The summed E-state index contributed by atoms with van der Waals surface area (Å²) in [6, 6.07) is 17.1. The van der Waals surface area contributed by atoms with Gasteiger partial charge in [-0.3, -0.25) is 4.79 Å². The average molecular weight is 346 g/mol. The molecule has 0 amide bonds. The second-order valence-corrected chi connectivity index (χ2v) is 5.97. The molecule has 4 aromatic rings. The third-order valence-corrected chi connectivity index (χ3v) is 4.34. The van der Waals surface area contributed by atoms with Crippen LogP contribution in [0.5, 0.6) is 17.2 Å². The molecule has 0 spiro atoms. The molecular formula is C21H18N2O3. The van der Waals surface area contributed by atoms with Crippen molar-refractivity contribution >= 4 is 10.9 Å². The van der Waals surface area contributed by atoms with Gasteiger partial charge in [-0.1, -0.05) is 24.3 Å². The number of methoxy groups -OCH3 is 1. The molecule has 2 aromatic heterocycles. The molecule has 0 fully saturated rings. The van der Waals surface area contributed by atoms with Gasteiger partial charge in [0.25, 0.3) is 5.56 Å². The molecule has 0 unspecified atom stereocenters. The van der Waals surface area contributed by atoms with Gasteiger partial charge in [0.15, 0.2) is 0 Å². The molecular weight excluding hydrogens is 328 g/mol. The molecule has 2 heterocycles. The highest BCUT2D eigenvalue weighted by Crippen LogP contribution is 2.42. The number of aromatic amines is 1. The Morgan fingerprint density at radius 3 is 2.50 bits per heavy atom. The van der Waals surface area contributed by atoms with E-state index in [2.05, 4.69) is 4.98 Å². The van der Waals surface area contributed by atoms with Crippen LogP contribution in [0.3, 0.4) is 0 Å². The van der Waals surface area contributed by atoms with Gasteiger partial charge in [-0.25, -0.2) is 0 Å². The van der Waals surface area contributed by atoms with Crippen molar-refractivity contribution in [1.82, 2.24) is 9.55 Å². The second-order valence-electron chi connectivity index (χ2n) is 5.97. The Morgan fingerprint density at radius 1 is 0.962 bits per heavy atom. The van der Waals surface area contributed by atoms with Crippen LogP contribution < -0.4 is 15.0 Å². The highest BCUT2D eigenvalue weighted by molar-refractivity contribution is 5.97. The predicted octanol–water partition coefficient (Wildman–Crippen LogP) is 4.33. The summed E-state index contributed by atoms with van der Waals surface area (Å²) < 4.78 is 13.3. The summed E-state index contributed by atoms with van der Waals surface area (Å²) in [6.45, 7) is 0. The van der Waals surface area contributed by atoms with Crippen molar-refractivity contribution in [2.45, 2.75) is 0 Å². The van der Waals surface area contributed by atoms with Gasteiger partial charge in [0.05, 0.1) is 12.7 Å². The zero-order chi connectivity index (χ0) is 18.1. The highest BCUT2D eigenvalue weighted by atomic mass is 16.5.